The number of fused-ring (bicyclic) bond motifs is 1. The zero-order valence-corrected chi connectivity index (χ0v) is 10.7. The number of aliphatic hydroxyl groups is 1. The molecule has 0 unspecified atom stereocenters. The number of nitrogens with one attached hydrogen (secondary N) is 1. The van der Waals surface area contributed by atoms with Gasteiger partial charge in [-0.2, -0.15) is 0 Å². The van der Waals surface area contributed by atoms with Crippen LogP contribution in [0.1, 0.15) is 0 Å². The molecule has 96 valence electrons. The lowest BCUT2D eigenvalue weighted by Gasteiger charge is -2.09. The van der Waals surface area contributed by atoms with Crippen LogP contribution < -0.4 is 5.32 Å². The first-order valence-electron chi connectivity index (χ1n) is 5.78. The summed E-state index contributed by atoms with van der Waals surface area (Å²) in [6.07, 6.45) is 1.75. The number of hydrogen-bond donors (Lipinski definition) is 2. The third-order valence-electron chi connectivity index (χ3n) is 2.50. The Hall–Kier alpha value is -1.36. The monoisotopic (exact) mass is 266 g/mol. The highest BCUT2D eigenvalue weighted by Gasteiger charge is 2.01. The van der Waals surface area contributed by atoms with Crippen molar-refractivity contribution < 1.29 is 9.84 Å². The van der Waals surface area contributed by atoms with Gasteiger partial charge < -0.3 is 15.2 Å². The van der Waals surface area contributed by atoms with Gasteiger partial charge in [-0.1, -0.05) is 11.6 Å². The molecule has 0 aliphatic rings. The van der Waals surface area contributed by atoms with Crippen LogP contribution in [-0.4, -0.2) is 36.5 Å². The molecule has 0 spiro atoms. The summed E-state index contributed by atoms with van der Waals surface area (Å²) in [5.74, 6) is 0. The molecule has 2 aromatic rings. The minimum absolute atomic E-state index is 0.0523. The van der Waals surface area contributed by atoms with Crippen LogP contribution in [0.5, 0.6) is 0 Å². The number of pyridine rings is 1. The van der Waals surface area contributed by atoms with Crippen LogP contribution >= 0.6 is 11.6 Å². The highest BCUT2D eigenvalue weighted by Crippen LogP contribution is 2.23. The van der Waals surface area contributed by atoms with Crippen molar-refractivity contribution in [1.82, 2.24) is 4.98 Å². The first-order chi connectivity index (χ1) is 8.81. The number of aliphatic hydroxyl groups excluding tert-OH is 1. The molecular formula is C13H15ClN2O2. The molecular weight excluding hydrogens is 252 g/mol. The highest BCUT2D eigenvalue weighted by molar-refractivity contribution is 6.31. The number of aromatic nitrogens is 1. The minimum atomic E-state index is 0.0523. The standard InChI is InChI=1S/C13H15ClN2O2/c14-10-1-2-11-12(3-4-15-13(11)9-10)16-5-7-18-8-6-17/h1-4,9,17H,5-8H2,(H,15,16). The normalized spacial score (nSPS) is 10.8. The third kappa shape index (κ3) is 3.32. The fourth-order valence-corrected chi connectivity index (χ4v) is 1.87. The number of halogens is 1. The Balaban J connectivity index is 2.04. The molecule has 0 amide bonds. The maximum Gasteiger partial charge on any atom is 0.0737 e. The molecule has 0 aliphatic carbocycles. The van der Waals surface area contributed by atoms with Crippen molar-refractivity contribution in [2.24, 2.45) is 0 Å². The van der Waals surface area contributed by atoms with Gasteiger partial charge in [0, 0.05) is 28.8 Å². The van der Waals surface area contributed by atoms with Gasteiger partial charge in [0.2, 0.25) is 0 Å². The maximum atomic E-state index is 8.58. The van der Waals surface area contributed by atoms with Gasteiger partial charge in [0.1, 0.15) is 0 Å². The van der Waals surface area contributed by atoms with Gasteiger partial charge in [-0.15, -0.1) is 0 Å². The van der Waals surface area contributed by atoms with E-state index in [1.807, 2.05) is 24.3 Å². The van der Waals surface area contributed by atoms with Gasteiger partial charge in [-0.05, 0) is 24.3 Å². The Morgan fingerprint density at radius 2 is 2.17 bits per heavy atom. The number of nitrogens with zero attached hydrogens (tertiary/aromatic N) is 1. The van der Waals surface area contributed by atoms with E-state index in [9.17, 15) is 0 Å². The number of benzene rings is 1. The Morgan fingerprint density at radius 1 is 1.28 bits per heavy atom. The smallest absolute Gasteiger partial charge is 0.0737 e. The summed E-state index contributed by atoms with van der Waals surface area (Å²) in [7, 11) is 0. The van der Waals surface area contributed by atoms with E-state index in [2.05, 4.69) is 10.3 Å². The highest BCUT2D eigenvalue weighted by atomic mass is 35.5. The Labute approximate surface area is 111 Å². The van der Waals surface area contributed by atoms with Crippen molar-refractivity contribution in [1.29, 1.82) is 0 Å². The Bertz CT molecular complexity index is 519. The summed E-state index contributed by atoms with van der Waals surface area (Å²) in [5.41, 5.74) is 1.87. The van der Waals surface area contributed by atoms with Crippen molar-refractivity contribution in [3.8, 4) is 0 Å². The van der Waals surface area contributed by atoms with E-state index in [-0.39, 0.29) is 6.61 Å². The summed E-state index contributed by atoms with van der Waals surface area (Å²) in [5, 5.41) is 13.6. The van der Waals surface area contributed by atoms with Crippen LogP contribution in [0.15, 0.2) is 30.5 Å². The quantitative estimate of drug-likeness (QED) is 0.788. The number of anilines is 1. The number of ether oxygens (including phenoxy) is 1. The molecule has 0 bridgehead atoms. The molecule has 2 rings (SSSR count). The molecule has 0 saturated carbocycles. The lowest BCUT2D eigenvalue weighted by atomic mass is 10.2. The first-order valence-corrected chi connectivity index (χ1v) is 6.16. The molecule has 18 heavy (non-hydrogen) atoms. The molecule has 0 aliphatic heterocycles. The molecule has 1 aromatic heterocycles. The van der Waals surface area contributed by atoms with Crippen molar-refractivity contribution >= 4 is 28.2 Å². The van der Waals surface area contributed by atoms with Gasteiger partial charge >= 0.3 is 0 Å². The predicted molar refractivity (Wildman–Crippen MR) is 73.1 cm³/mol. The summed E-state index contributed by atoms with van der Waals surface area (Å²) < 4.78 is 5.19. The third-order valence-corrected chi connectivity index (χ3v) is 2.74. The Kier molecular flexibility index (Phi) is 4.75. The van der Waals surface area contributed by atoms with Crippen LogP contribution in [0, 0.1) is 0 Å². The lowest BCUT2D eigenvalue weighted by molar-refractivity contribution is 0.0992. The molecule has 0 radical (unpaired) electrons. The zero-order valence-electron chi connectivity index (χ0n) is 9.90. The number of rotatable bonds is 6. The predicted octanol–water partition coefficient (Wildman–Crippen LogP) is 2.31. The second-order valence-corrected chi connectivity index (χ2v) is 4.22. The summed E-state index contributed by atoms with van der Waals surface area (Å²) in [6.45, 7) is 1.66. The molecule has 0 fully saturated rings. The van der Waals surface area contributed by atoms with Crippen molar-refractivity contribution in [2.45, 2.75) is 0 Å². The van der Waals surface area contributed by atoms with Gasteiger partial charge in [0.25, 0.3) is 0 Å². The van der Waals surface area contributed by atoms with E-state index < -0.39 is 0 Å². The molecule has 0 atom stereocenters. The van der Waals surface area contributed by atoms with Gasteiger partial charge in [-0.25, -0.2) is 0 Å². The first kappa shape index (κ1) is 13.1. The van der Waals surface area contributed by atoms with Crippen LogP contribution in [0.4, 0.5) is 5.69 Å². The fourth-order valence-electron chi connectivity index (χ4n) is 1.70. The summed E-state index contributed by atoms with van der Waals surface area (Å²) in [4.78, 5) is 4.27. The van der Waals surface area contributed by atoms with Crippen LogP contribution in [0.25, 0.3) is 10.9 Å². The molecule has 4 nitrogen and oxygen atoms in total. The SMILES string of the molecule is OCCOCCNc1ccnc2cc(Cl)ccc12. The largest absolute Gasteiger partial charge is 0.394 e. The summed E-state index contributed by atoms with van der Waals surface area (Å²) >= 11 is 5.93. The van der Waals surface area contributed by atoms with Crippen LogP contribution in [-0.2, 0) is 4.74 Å². The number of hydrogen-bond acceptors (Lipinski definition) is 4. The van der Waals surface area contributed by atoms with Crippen LogP contribution in [0.3, 0.4) is 0 Å². The second-order valence-electron chi connectivity index (χ2n) is 3.78. The molecule has 0 saturated heterocycles. The maximum absolute atomic E-state index is 8.58. The van der Waals surface area contributed by atoms with Crippen molar-refractivity contribution in [3.63, 3.8) is 0 Å². The van der Waals surface area contributed by atoms with E-state index in [4.69, 9.17) is 21.4 Å². The zero-order chi connectivity index (χ0) is 12.8. The van der Waals surface area contributed by atoms with E-state index in [0.717, 1.165) is 16.6 Å². The van der Waals surface area contributed by atoms with Gasteiger partial charge in [0.05, 0.1) is 25.3 Å². The molecule has 1 heterocycles. The van der Waals surface area contributed by atoms with Crippen molar-refractivity contribution in [3.05, 3.63) is 35.5 Å². The Morgan fingerprint density at radius 3 is 3.00 bits per heavy atom. The van der Waals surface area contributed by atoms with Crippen LogP contribution in [0.2, 0.25) is 5.02 Å². The van der Waals surface area contributed by atoms with E-state index in [1.54, 1.807) is 6.20 Å². The lowest BCUT2D eigenvalue weighted by Crippen LogP contribution is -2.11. The second kappa shape index (κ2) is 6.54. The topological polar surface area (TPSA) is 54.4 Å². The molecule has 2 N–H and O–H groups in total. The average Bonchev–Trinajstić information content (AvgIpc) is 2.38. The minimum Gasteiger partial charge on any atom is -0.394 e. The van der Waals surface area contributed by atoms with Crippen molar-refractivity contribution in [2.75, 3.05) is 31.7 Å². The fraction of sp³-hybridized carbons (Fsp3) is 0.308. The van der Waals surface area contributed by atoms with Gasteiger partial charge in [-0.3, -0.25) is 4.98 Å². The van der Waals surface area contributed by atoms with Gasteiger partial charge in [0.15, 0.2) is 0 Å². The molecule has 1 aromatic carbocycles. The molecule has 5 heteroatoms. The summed E-state index contributed by atoms with van der Waals surface area (Å²) in [6, 6.07) is 7.55. The van der Waals surface area contributed by atoms with E-state index in [0.29, 0.717) is 24.8 Å². The van der Waals surface area contributed by atoms with E-state index >= 15 is 0 Å². The average molecular weight is 267 g/mol. The van der Waals surface area contributed by atoms with E-state index in [1.165, 1.54) is 0 Å².